The molecule has 2 unspecified atom stereocenters. The molecule has 0 heterocycles. The molecule has 28 heavy (non-hydrogen) atoms. The van der Waals surface area contributed by atoms with E-state index >= 15 is 4.39 Å². The minimum Gasteiger partial charge on any atom is -0.389 e. The van der Waals surface area contributed by atoms with Crippen molar-refractivity contribution in [3.63, 3.8) is 0 Å². The summed E-state index contributed by atoms with van der Waals surface area (Å²) in [4.78, 5) is 51.0. The number of rotatable bonds is 2. The quantitative estimate of drug-likeness (QED) is 0.731. The number of aliphatic hydroxyl groups excluding tert-OH is 1. The molecule has 0 spiro atoms. The fourth-order valence-corrected chi connectivity index (χ4v) is 7.13. The van der Waals surface area contributed by atoms with Crippen molar-refractivity contribution in [3.05, 3.63) is 11.6 Å². The van der Waals surface area contributed by atoms with Gasteiger partial charge in [0.2, 0.25) is 0 Å². The largest absolute Gasteiger partial charge is 0.389 e. The van der Waals surface area contributed by atoms with Crippen molar-refractivity contribution in [1.82, 2.24) is 0 Å². The van der Waals surface area contributed by atoms with Crippen LogP contribution in [0.4, 0.5) is 4.39 Å². The van der Waals surface area contributed by atoms with Crippen molar-refractivity contribution < 1.29 is 28.7 Å². The maximum absolute atomic E-state index is 15.2. The van der Waals surface area contributed by atoms with Crippen LogP contribution >= 0.6 is 0 Å². The maximum atomic E-state index is 15.2. The summed E-state index contributed by atoms with van der Waals surface area (Å²) in [5.74, 6) is -3.41. The molecule has 8 atom stereocenters. The maximum Gasteiger partial charge on any atom is 0.165 e. The Morgan fingerprint density at radius 1 is 1.25 bits per heavy atom. The molecular weight excluding hydrogens is 363 g/mol. The lowest BCUT2D eigenvalue weighted by Crippen LogP contribution is -2.61. The Morgan fingerprint density at radius 3 is 2.57 bits per heavy atom. The van der Waals surface area contributed by atoms with Gasteiger partial charge in [0.1, 0.15) is 18.6 Å². The minimum atomic E-state index is -1.44. The Labute approximate surface area is 163 Å². The third-order valence-electron chi connectivity index (χ3n) is 8.47. The predicted molar refractivity (Wildman–Crippen MR) is 97.9 cm³/mol. The highest BCUT2D eigenvalue weighted by atomic mass is 19.1. The van der Waals surface area contributed by atoms with Crippen LogP contribution in [0.1, 0.15) is 46.5 Å². The summed E-state index contributed by atoms with van der Waals surface area (Å²) in [6.45, 7) is 4.53. The third kappa shape index (κ3) is 2.27. The van der Waals surface area contributed by atoms with E-state index in [0.717, 1.165) is 0 Å². The number of fused-ring (bicyclic) bond motifs is 5. The molecule has 6 heteroatoms. The average molecular weight is 390 g/mol. The first kappa shape index (κ1) is 19.6. The zero-order chi connectivity index (χ0) is 20.6. The molecule has 4 aliphatic carbocycles. The molecule has 5 nitrogen and oxygen atoms in total. The van der Waals surface area contributed by atoms with Crippen molar-refractivity contribution in [2.45, 2.75) is 52.6 Å². The van der Waals surface area contributed by atoms with E-state index in [1.807, 2.05) is 6.92 Å². The lowest BCUT2D eigenvalue weighted by molar-refractivity contribution is -0.159. The van der Waals surface area contributed by atoms with Crippen LogP contribution < -0.4 is 0 Å². The van der Waals surface area contributed by atoms with Crippen molar-refractivity contribution >= 4 is 23.1 Å². The third-order valence-corrected chi connectivity index (χ3v) is 8.47. The van der Waals surface area contributed by atoms with Crippen molar-refractivity contribution in [2.24, 2.45) is 40.4 Å². The van der Waals surface area contributed by atoms with Crippen LogP contribution in [0.3, 0.4) is 0 Å². The second-order valence-electron chi connectivity index (χ2n) is 9.64. The van der Waals surface area contributed by atoms with E-state index in [9.17, 15) is 24.3 Å². The lowest BCUT2D eigenvalue weighted by Gasteiger charge is -2.57. The summed E-state index contributed by atoms with van der Waals surface area (Å²) in [5, 5.41) is 9.35. The molecule has 0 aromatic rings. The first-order chi connectivity index (χ1) is 13.1. The number of hydrogen-bond donors (Lipinski definition) is 1. The van der Waals surface area contributed by atoms with Crippen molar-refractivity contribution in [2.75, 3.05) is 6.61 Å². The first-order valence-electron chi connectivity index (χ1n) is 10.2. The van der Waals surface area contributed by atoms with Gasteiger partial charge in [-0.3, -0.25) is 19.2 Å². The Balaban J connectivity index is 1.81. The van der Waals surface area contributed by atoms with E-state index in [0.29, 0.717) is 12.8 Å². The van der Waals surface area contributed by atoms with Gasteiger partial charge in [-0.1, -0.05) is 6.92 Å². The van der Waals surface area contributed by atoms with Gasteiger partial charge < -0.3 is 5.11 Å². The predicted octanol–water partition coefficient (Wildman–Crippen LogP) is 2.25. The molecule has 3 fully saturated rings. The van der Waals surface area contributed by atoms with Gasteiger partial charge in [-0.05, 0) is 62.0 Å². The van der Waals surface area contributed by atoms with E-state index in [2.05, 4.69) is 0 Å². The van der Waals surface area contributed by atoms with Gasteiger partial charge in [-0.25, -0.2) is 4.39 Å². The fraction of sp³-hybridized carbons (Fsp3) is 0.727. The number of alkyl halides is 1. The molecule has 4 rings (SSSR count). The van der Waals surface area contributed by atoms with Gasteiger partial charge in [-0.2, -0.15) is 0 Å². The van der Waals surface area contributed by atoms with Gasteiger partial charge >= 0.3 is 0 Å². The Hall–Kier alpha value is -1.69. The number of carbonyl (C=O) groups excluding carboxylic acids is 4. The van der Waals surface area contributed by atoms with Crippen LogP contribution in [-0.2, 0) is 19.2 Å². The summed E-state index contributed by atoms with van der Waals surface area (Å²) in [5.41, 5.74) is -1.72. The molecule has 0 radical (unpaired) electrons. The van der Waals surface area contributed by atoms with E-state index in [1.54, 1.807) is 6.92 Å². The van der Waals surface area contributed by atoms with Gasteiger partial charge in [0.05, 0.1) is 11.3 Å². The molecule has 0 aliphatic heterocycles. The van der Waals surface area contributed by atoms with E-state index in [1.165, 1.54) is 13.0 Å². The number of aliphatic hydroxyl groups is 1. The molecule has 1 N–H and O–H groups in total. The topological polar surface area (TPSA) is 88.5 Å². The smallest absolute Gasteiger partial charge is 0.165 e. The minimum absolute atomic E-state index is 0.0481. The van der Waals surface area contributed by atoms with Gasteiger partial charge in [0.15, 0.2) is 17.3 Å². The van der Waals surface area contributed by atoms with Crippen LogP contribution in [0, 0.1) is 40.4 Å². The lowest BCUT2D eigenvalue weighted by atomic mass is 9.45. The Morgan fingerprint density at radius 2 is 1.93 bits per heavy atom. The summed E-state index contributed by atoms with van der Waals surface area (Å²) in [6, 6.07) is 0. The van der Waals surface area contributed by atoms with Crippen LogP contribution in [0.15, 0.2) is 11.6 Å². The van der Waals surface area contributed by atoms with Crippen LogP contribution in [0.25, 0.3) is 0 Å². The highest BCUT2D eigenvalue weighted by Gasteiger charge is 2.67. The number of Topliss-reactive ketones (excluding diaryl/α,β-unsaturated/α-hetero) is 3. The number of allylic oxidation sites excluding steroid dienone is 1. The monoisotopic (exact) mass is 390 g/mol. The summed E-state index contributed by atoms with van der Waals surface area (Å²) in [7, 11) is 0. The molecule has 3 saturated carbocycles. The molecule has 152 valence electrons. The van der Waals surface area contributed by atoms with Gasteiger partial charge in [-0.15, -0.1) is 0 Å². The second kappa shape index (κ2) is 6.15. The van der Waals surface area contributed by atoms with Crippen LogP contribution in [0.5, 0.6) is 0 Å². The van der Waals surface area contributed by atoms with Crippen molar-refractivity contribution in [3.8, 4) is 0 Å². The number of ketones is 4. The normalized spacial score (nSPS) is 47.9. The van der Waals surface area contributed by atoms with E-state index < -0.39 is 41.4 Å². The summed E-state index contributed by atoms with van der Waals surface area (Å²) in [6.07, 6.45) is 1.36. The zero-order valence-corrected chi connectivity index (χ0v) is 16.5. The molecule has 0 aromatic carbocycles. The second-order valence-corrected chi connectivity index (χ2v) is 9.64. The highest BCUT2D eigenvalue weighted by molar-refractivity contribution is 6.15. The first-order valence-corrected chi connectivity index (χ1v) is 10.2. The average Bonchev–Trinajstić information content (AvgIpc) is 2.98. The fourth-order valence-electron chi connectivity index (χ4n) is 7.13. The van der Waals surface area contributed by atoms with Crippen molar-refractivity contribution in [1.29, 1.82) is 0 Å². The number of halogens is 1. The SMILES string of the molecule is CC1C(=O)C=C2C(F)C[C@@H]3[C@H](C(=O)C[C@]4(C)[C@@H](C(=O)CO)CC[C@@H]34)[C@@]2(C)C1=O. The standard InChI is InChI=1S/C22H27FO5/c1-10-16(25)7-14-15(23)6-11-12-4-5-13(18(27)9-24)21(12,2)8-17(26)19(11)22(14,3)20(10)28/h7,10-13,15,19,24H,4-6,8-9H2,1-3H3/t10?,11-,12-,13+,15?,19+,21-,22-/m0/s1. The summed E-state index contributed by atoms with van der Waals surface area (Å²) >= 11 is 0. The highest BCUT2D eigenvalue weighted by Crippen LogP contribution is 2.65. The van der Waals surface area contributed by atoms with Crippen LogP contribution in [-0.4, -0.2) is 41.0 Å². The molecule has 0 aromatic heterocycles. The summed E-state index contributed by atoms with van der Waals surface area (Å²) < 4.78 is 15.2. The molecule has 4 aliphatic rings. The van der Waals surface area contributed by atoms with E-state index in [4.69, 9.17) is 0 Å². The number of carbonyl (C=O) groups is 4. The van der Waals surface area contributed by atoms with Gasteiger partial charge in [0.25, 0.3) is 0 Å². The molecular formula is C22H27FO5. The number of hydrogen-bond acceptors (Lipinski definition) is 5. The van der Waals surface area contributed by atoms with E-state index in [-0.39, 0.29) is 53.4 Å². The van der Waals surface area contributed by atoms with Crippen LogP contribution in [0.2, 0.25) is 0 Å². The molecule has 0 saturated heterocycles. The Bertz CT molecular complexity index is 816. The molecule has 0 amide bonds. The molecule has 0 bridgehead atoms. The zero-order valence-electron chi connectivity index (χ0n) is 16.5. The van der Waals surface area contributed by atoms with Gasteiger partial charge in [0, 0.05) is 18.3 Å². The Kier molecular flexibility index (Phi) is 4.31.